The maximum absolute atomic E-state index is 12.3. The van der Waals surface area contributed by atoms with Gasteiger partial charge in [-0.3, -0.25) is 4.79 Å². The zero-order chi connectivity index (χ0) is 13.9. The number of ether oxygens (including phenoxy) is 1. The first-order valence-corrected chi connectivity index (χ1v) is 7.66. The molecule has 3 rings (SSSR count). The SMILES string of the molecule is CC(NC(=O)C1COc2ccccc2C1)c1cccs1. The summed E-state index contributed by atoms with van der Waals surface area (Å²) in [6.07, 6.45) is 0.749. The lowest BCUT2D eigenvalue weighted by atomic mass is 9.96. The van der Waals surface area contributed by atoms with E-state index in [2.05, 4.69) is 5.32 Å². The second-order valence-electron chi connectivity index (χ2n) is 5.07. The van der Waals surface area contributed by atoms with Gasteiger partial charge in [0.15, 0.2) is 0 Å². The average Bonchev–Trinajstić information content (AvgIpc) is 3.01. The molecule has 0 aliphatic carbocycles. The highest BCUT2D eigenvalue weighted by molar-refractivity contribution is 7.10. The van der Waals surface area contributed by atoms with Gasteiger partial charge in [0.25, 0.3) is 0 Å². The Bertz CT molecular complexity index is 594. The van der Waals surface area contributed by atoms with Crippen LogP contribution >= 0.6 is 11.3 Å². The first-order chi connectivity index (χ1) is 9.74. The number of nitrogens with one attached hydrogen (secondary N) is 1. The van der Waals surface area contributed by atoms with Crippen LogP contribution in [0.25, 0.3) is 0 Å². The van der Waals surface area contributed by atoms with Crippen molar-refractivity contribution in [2.24, 2.45) is 5.92 Å². The second kappa shape index (κ2) is 5.67. The summed E-state index contributed by atoms with van der Waals surface area (Å²) in [5.41, 5.74) is 1.11. The van der Waals surface area contributed by atoms with E-state index in [9.17, 15) is 4.79 Å². The van der Waals surface area contributed by atoms with Gasteiger partial charge in [0.1, 0.15) is 12.4 Å². The van der Waals surface area contributed by atoms with E-state index >= 15 is 0 Å². The molecule has 2 atom stereocenters. The number of fused-ring (bicyclic) bond motifs is 1. The molecule has 2 heterocycles. The minimum absolute atomic E-state index is 0.0553. The van der Waals surface area contributed by atoms with Crippen LogP contribution in [-0.4, -0.2) is 12.5 Å². The van der Waals surface area contributed by atoms with Crippen LogP contribution in [0, 0.1) is 5.92 Å². The van der Waals surface area contributed by atoms with Gasteiger partial charge in [-0.05, 0) is 36.4 Å². The molecule has 1 aliphatic rings. The number of hydrogen-bond acceptors (Lipinski definition) is 3. The van der Waals surface area contributed by atoms with E-state index < -0.39 is 0 Å². The van der Waals surface area contributed by atoms with Gasteiger partial charge in [0, 0.05) is 4.88 Å². The molecule has 0 saturated heterocycles. The first-order valence-electron chi connectivity index (χ1n) is 6.78. The van der Waals surface area contributed by atoms with Crippen molar-refractivity contribution >= 4 is 17.2 Å². The molecule has 0 bridgehead atoms. The van der Waals surface area contributed by atoms with Gasteiger partial charge < -0.3 is 10.1 Å². The fraction of sp³-hybridized carbons (Fsp3) is 0.312. The lowest BCUT2D eigenvalue weighted by Crippen LogP contribution is -2.38. The molecule has 3 nitrogen and oxygen atoms in total. The van der Waals surface area contributed by atoms with Gasteiger partial charge in [-0.1, -0.05) is 24.3 Å². The molecule has 0 saturated carbocycles. The van der Waals surface area contributed by atoms with Crippen molar-refractivity contribution in [1.29, 1.82) is 0 Å². The highest BCUT2D eigenvalue weighted by Gasteiger charge is 2.26. The number of carbonyl (C=O) groups is 1. The molecule has 1 N–H and O–H groups in total. The molecule has 104 valence electrons. The van der Waals surface area contributed by atoms with Crippen LogP contribution in [0.3, 0.4) is 0 Å². The summed E-state index contributed by atoms with van der Waals surface area (Å²) in [5.74, 6) is 0.871. The summed E-state index contributed by atoms with van der Waals surface area (Å²) in [5, 5.41) is 5.10. The van der Waals surface area contributed by atoms with Crippen LogP contribution in [0.4, 0.5) is 0 Å². The summed E-state index contributed by atoms with van der Waals surface area (Å²) in [4.78, 5) is 13.5. The lowest BCUT2D eigenvalue weighted by Gasteiger charge is -2.25. The van der Waals surface area contributed by atoms with Crippen molar-refractivity contribution in [3.63, 3.8) is 0 Å². The Morgan fingerprint density at radius 3 is 3.00 bits per heavy atom. The average molecular weight is 287 g/mol. The van der Waals surface area contributed by atoms with Gasteiger partial charge in [0.2, 0.25) is 5.91 Å². The molecule has 0 fully saturated rings. The Labute approximate surface area is 122 Å². The Kier molecular flexibility index (Phi) is 3.74. The molecular weight excluding hydrogens is 270 g/mol. The van der Waals surface area contributed by atoms with Crippen molar-refractivity contribution in [2.45, 2.75) is 19.4 Å². The molecular formula is C16H17NO2S. The van der Waals surface area contributed by atoms with Crippen molar-refractivity contribution < 1.29 is 9.53 Å². The summed E-state index contributed by atoms with van der Waals surface area (Å²) in [7, 11) is 0. The third-order valence-corrected chi connectivity index (χ3v) is 4.63. The van der Waals surface area contributed by atoms with E-state index in [0.29, 0.717) is 6.61 Å². The van der Waals surface area contributed by atoms with Gasteiger partial charge in [0.05, 0.1) is 12.0 Å². The first kappa shape index (κ1) is 13.2. The minimum Gasteiger partial charge on any atom is -0.492 e. The number of rotatable bonds is 3. The third-order valence-electron chi connectivity index (χ3n) is 3.58. The van der Waals surface area contributed by atoms with E-state index in [0.717, 1.165) is 17.7 Å². The van der Waals surface area contributed by atoms with Crippen LogP contribution in [0.15, 0.2) is 41.8 Å². The molecule has 1 aliphatic heterocycles. The smallest absolute Gasteiger partial charge is 0.227 e. The third kappa shape index (κ3) is 2.70. The van der Waals surface area contributed by atoms with Crippen LogP contribution < -0.4 is 10.1 Å². The predicted octanol–water partition coefficient (Wildman–Crippen LogP) is 3.18. The van der Waals surface area contributed by atoms with E-state index in [1.54, 1.807) is 11.3 Å². The number of thiophene rings is 1. The topological polar surface area (TPSA) is 38.3 Å². The highest BCUT2D eigenvalue weighted by Crippen LogP contribution is 2.27. The molecule has 0 radical (unpaired) electrons. The van der Waals surface area contributed by atoms with Gasteiger partial charge in [-0.15, -0.1) is 11.3 Å². The monoisotopic (exact) mass is 287 g/mol. The molecule has 0 spiro atoms. The number of hydrogen-bond donors (Lipinski definition) is 1. The Morgan fingerprint density at radius 2 is 2.20 bits per heavy atom. The molecule has 1 amide bonds. The van der Waals surface area contributed by atoms with Gasteiger partial charge >= 0.3 is 0 Å². The molecule has 4 heteroatoms. The zero-order valence-electron chi connectivity index (χ0n) is 11.3. The largest absolute Gasteiger partial charge is 0.492 e. The number of amides is 1. The fourth-order valence-electron chi connectivity index (χ4n) is 2.44. The van der Waals surface area contributed by atoms with E-state index in [1.165, 1.54) is 4.88 Å². The standard InChI is InChI=1S/C16H17NO2S/c1-11(15-7-4-8-20-15)17-16(18)13-9-12-5-2-3-6-14(12)19-10-13/h2-8,11,13H,9-10H2,1H3,(H,17,18). The number of benzene rings is 1. The van der Waals surface area contributed by atoms with Crippen molar-refractivity contribution in [2.75, 3.05) is 6.61 Å². The molecule has 1 aromatic heterocycles. The second-order valence-corrected chi connectivity index (χ2v) is 6.04. The number of carbonyl (C=O) groups excluding carboxylic acids is 1. The molecule has 1 aromatic carbocycles. The molecule has 20 heavy (non-hydrogen) atoms. The van der Waals surface area contributed by atoms with E-state index in [1.807, 2.05) is 48.7 Å². The maximum atomic E-state index is 12.3. The van der Waals surface area contributed by atoms with Crippen molar-refractivity contribution in [3.05, 3.63) is 52.2 Å². The molecule has 2 unspecified atom stereocenters. The van der Waals surface area contributed by atoms with Crippen LogP contribution in [0.5, 0.6) is 5.75 Å². The highest BCUT2D eigenvalue weighted by atomic mass is 32.1. The molecule has 2 aromatic rings. The van der Waals surface area contributed by atoms with Gasteiger partial charge in [-0.2, -0.15) is 0 Å². The van der Waals surface area contributed by atoms with Crippen molar-refractivity contribution in [1.82, 2.24) is 5.32 Å². The normalized spacial score (nSPS) is 18.8. The minimum atomic E-state index is -0.104. The van der Waals surface area contributed by atoms with E-state index in [-0.39, 0.29) is 17.9 Å². The predicted molar refractivity (Wildman–Crippen MR) is 80.0 cm³/mol. The van der Waals surface area contributed by atoms with E-state index in [4.69, 9.17) is 4.74 Å². The zero-order valence-corrected chi connectivity index (χ0v) is 12.2. The van der Waals surface area contributed by atoms with Crippen LogP contribution in [-0.2, 0) is 11.2 Å². The van der Waals surface area contributed by atoms with Crippen LogP contribution in [0.1, 0.15) is 23.4 Å². The summed E-state index contributed by atoms with van der Waals surface area (Å²) >= 11 is 1.66. The maximum Gasteiger partial charge on any atom is 0.227 e. The van der Waals surface area contributed by atoms with Gasteiger partial charge in [-0.25, -0.2) is 0 Å². The fourth-order valence-corrected chi connectivity index (χ4v) is 3.17. The van der Waals surface area contributed by atoms with Crippen molar-refractivity contribution in [3.8, 4) is 5.75 Å². The quantitative estimate of drug-likeness (QED) is 0.941. The summed E-state index contributed by atoms with van der Waals surface area (Å²) in [6, 6.07) is 12.0. The number of para-hydroxylation sites is 1. The Hall–Kier alpha value is -1.81. The van der Waals surface area contributed by atoms with Crippen LogP contribution in [0.2, 0.25) is 0 Å². The Morgan fingerprint density at radius 1 is 1.35 bits per heavy atom. The Balaban J connectivity index is 1.64. The summed E-state index contributed by atoms with van der Waals surface area (Å²) in [6.45, 7) is 2.47. The summed E-state index contributed by atoms with van der Waals surface area (Å²) < 4.78 is 5.67. The lowest BCUT2D eigenvalue weighted by molar-refractivity contribution is -0.126.